The van der Waals surface area contributed by atoms with E-state index in [1.165, 1.54) is 12.1 Å². The molecule has 0 saturated heterocycles. The van der Waals surface area contributed by atoms with E-state index in [-0.39, 0.29) is 24.9 Å². The Morgan fingerprint density at radius 2 is 2.33 bits per heavy atom. The van der Waals surface area contributed by atoms with Gasteiger partial charge < -0.3 is 4.74 Å². The number of carbonyl (C=O) groups is 1. The average molecular weight is 212 g/mol. The van der Waals surface area contributed by atoms with Crippen molar-refractivity contribution in [2.45, 2.75) is 6.61 Å². The third-order valence-corrected chi connectivity index (χ3v) is 1.66. The summed E-state index contributed by atoms with van der Waals surface area (Å²) in [5.74, 6) is -0.579. The second-order valence-corrected chi connectivity index (χ2v) is 2.92. The fourth-order valence-electron chi connectivity index (χ4n) is 1.06. The van der Waals surface area contributed by atoms with Crippen molar-refractivity contribution in [3.8, 4) is 0 Å². The molecule has 0 atom stereocenters. The molecule has 2 N–H and O–H groups in total. The molecule has 0 bridgehead atoms. The Balaban J connectivity index is 2.28. The van der Waals surface area contributed by atoms with Gasteiger partial charge >= 0.3 is 0 Å². The Kier molecular flexibility index (Phi) is 4.73. The molecule has 1 aromatic carbocycles. The Labute approximate surface area is 87.4 Å². The second-order valence-electron chi connectivity index (χ2n) is 2.92. The molecule has 0 radical (unpaired) electrons. The lowest BCUT2D eigenvalue weighted by Crippen LogP contribution is -2.36. The molecule has 0 aromatic heterocycles. The molecule has 0 aliphatic rings. The smallest absolute Gasteiger partial charge is 0.260 e. The van der Waals surface area contributed by atoms with Crippen LogP contribution in [0.3, 0.4) is 0 Å². The van der Waals surface area contributed by atoms with E-state index in [0.29, 0.717) is 5.56 Å². The van der Waals surface area contributed by atoms with Crippen LogP contribution in [-0.4, -0.2) is 19.6 Å². The zero-order chi connectivity index (χ0) is 11.1. The quantitative estimate of drug-likeness (QED) is 0.702. The van der Waals surface area contributed by atoms with E-state index >= 15 is 0 Å². The van der Waals surface area contributed by atoms with Crippen molar-refractivity contribution in [2.75, 3.05) is 13.7 Å². The zero-order valence-electron chi connectivity index (χ0n) is 8.42. The van der Waals surface area contributed by atoms with Crippen LogP contribution >= 0.6 is 0 Å². The molecule has 82 valence electrons. The van der Waals surface area contributed by atoms with Crippen LogP contribution in [0.4, 0.5) is 4.39 Å². The number of hydrazine groups is 1. The Morgan fingerprint density at radius 3 is 3.00 bits per heavy atom. The van der Waals surface area contributed by atoms with Gasteiger partial charge in [-0.25, -0.2) is 9.82 Å². The van der Waals surface area contributed by atoms with Crippen molar-refractivity contribution in [1.82, 2.24) is 10.9 Å². The molecule has 1 aromatic rings. The molecule has 0 aliphatic heterocycles. The highest BCUT2D eigenvalue weighted by molar-refractivity contribution is 5.76. The van der Waals surface area contributed by atoms with Gasteiger partial charge in [-0.05, 0) is 17.7 Å². The Hall–Kier alpha value is -1.46. The Bertz CT molecular complexity index is 331. The number of benzene rings is 1. The predicted molar refractivity (Wildman–Crippen MR) is 53.3 cm³/mol. The summed E-state index contributed by atoms with van der Waals surface area (Å²) in [7, 11) is 1.59. The van der Waals surface area contributed by atoms with Crippen molar-refractivity contribution in [1.29, 1.82) is 0 Å². The number of amides is 1. The van der Waals surface area contributed by atoms with E-state index in [1.54, 1.807) is 19.2 Å². The van der Waals surface area contributed by atoms with Crippen LogP contribution in [0.15, 0.2) is 24.3 Å². The summed E-state index contributed by atoms with van der Waals surface area (Å²) >= 11 is 0. The number of hydrogen-bond acceptors (Lipinski definition) is 3. The minimum atomic E-state index is -0.309. The summed E-state index contributed by atoms with van der Waals surface area (Å²) in [5, 5.41) is 0. The summed E-state index contributed by atoms with van der Waals surface area (Å²) < 4.78 is 17.8. The molecule has 0 spiro atoms. The fraction of sp³-hybridized carbons (Fsp3) is 0.300. The number of nitrogens with one attached hydrogen (secondary N) is 2. The first-order chi connectivity index (χ1) is 7.22. The minimum absolute atomic E-state index is 0.0582. The van der Waals surface area contributed by atoms with Gasteiger partial charge in [0.05, 0.1) is 6.61 Å². The highest BCUT2D eigenvalue weighted by Crippen LogP contribution is 2.04. The van der Waals surface area contributed by atoms with Gasteiger partial charge in [0.25, 0.3) is 5.91 Å². The van der Waals surface area contributed by atoms with Crippen molar-refractivity contribution in [3.05, 3.63) is 35.6 Å². The minimum Gasteiger partial charge on any atom is -0.367 e. The lowest BCUT2D eigenvalue weighted by molar-refractivity contribution is -0.126. The lowest BCUT2D eigenvalue weighted by atomic mass is 10.2. The number of halogens is 1. The molecule has 0 saturated carbocycles. The van der Waals surface area contributed by atoms with Gasteiger partial charge in [0.15, 0.2) is 0 Å². The first-order valence-corrected chi connectivity index (χ1v) is 4.50. The third kappa shape index (κ3) is 4.53. The van der Waals surface area contributed by atoms with Crippen molar-refractivity contribution in [2.24, 2.45) is 0 Å². The Morgan fingerprint density at radius 1 is 1.53 bits per heavy atom. The first kappa shape index (κ1) is 11.6. The van der Waals surface area contributed by atoms with Crippen molar-refractivity contribution < 1.29 is 13.9 Å². The van der Waals surface area contributed by atoms with Gasteiger partial charge in [0.2, 0.25) is 0 Å². The molecule has 1 rings (SSSR count). The fourth-order valence-corrected chi connectivity index (χ4v) is 1.06. The van der Waals surface area contributed by atoms with Crippen LogP contribution in [0.1, 0.15) is 5.56 Å². The molecule has 15 heavy (non-hydrogen) atoms. The number of carbonyl (C=O) groups excluding carboxylic acids is 1. The van der Waals surface area contributed by atoms with Gasteiger partial charge in [-0.3, -0.25) is 10.2 Å². The molecule has 0 fully saturated rings. The molecular weight excluding hydrogens is 199 g/mol. The van der Waals surface area contributed by atoms with Crippen LogP contribution in [-0.2, 0) is 16.1 Å². The van der Waals surface area contributed by atoms with E-state index in [1.807, 2.05) is 0 Å². The molecule has 0 heterocycles. The monoisotopic (exact) mass is 212 g/mol. The highest BCUT2D eigenvalue weighted by atomic mass is 19.1. The maximum absolute atomic E-state index is 12.7. The SMILES string of the molecule is CNNC(=O)COCc1cccc(F)c1. The maximum atomic E-state index is 12.7. The van der Waals surface area contributed by atoms with Crippen LogP contribution in [0, 0.1) is 5.82 Å². The van der Waals surface area contributed by atoms with E-state index in [0.717, 1.165) is 0 Å². The van der Waals surface area contributed by atoms with Crippen LogP contribution in [0.2, 0.25) is 0 Å². The molecule has 4 nitrogen and oxygen atoms in total. The van der Waals surface area contributed by atoms with Gasteiger partial charge in [-0.15, -0.1) is 0 Å². The number of ether oxygens (including phenoxy) is 1. The van der Waals surface area contributed by atoms with E-state index < -0.39 is 0 Å². The third-order valence-electron chi connectivity index (χ3n) is 1.66. The average Bonchev–Trinajstić information content (AvgIpc) is 2.18. The molecule has 0 unspecified atom stereocenters. The van der Waals surface area contributed by atoms with Gasteiger partial charge in [-0.2, -0.15) is 0 Å². The van der Waals surface area contributed by atoms with Crippen LogP contribution in [0.25, 0.3) is 0 Å². The highest BCUT2D eigenvalue weighted by Gasteiger charge is 2.00. The van der Waals surface area contributed by atoms with E-state index in [2.05, 4.69) is 10.9 Å². The standard InChI is InChI=1S/C10H13FN2O2/c1-12-13-10(14)7-15-6-8-3-2-4-9(11)5-8/h2-5,12H,6-7H2,1H3,(H,13,14). The molecule has 5 heteroatoms. The second kappa shape index (κ2) is 6.10. The molecule has 0 aliphatic carbocycles. The predicted octanol–water partition coefficient (Wildman–Crippen LogP) is 0.593. The number of hydrogen-bond donors (Lipinski definition) is 2. The summed E-state index contributed by atoms with van der Waals surface area (Å²) in [6.07, 6.45) is 0. The van der Waals surface area contributed by atoms with Gasteiger partial charge in [0.1, 0.15) is 12.4 Å². The van der Waals surface area contributed by atoms with Crippen molar-refractivity contribution in [3.63, 3.8) is 0 Å². The lowest BCUT2D eigenvalue weighted by Gasteiger charge is -2.04. The maximum Gasteiger partial charge on any atom is 0.260 e. The zero-order valence-corrected chi connectivity index (χ0v) is 8.42. The van der Waals surface area contributed by atoms with Crippen LogP contribution < -0.4 is 10.9 Å². The van der Waals surface area contributed by atoms with Crippen LogP contribution in [0.5, 0.6) is 0 Å². The number of rotatable bonds is 5. The normalized spacial score (nSPS) is 10.0. The van der Waals surface area contributed by atoms with Crippen molar-refractivity contribution >= 4 is 5.91 Å². The van der Waals surface area contributed by atoms with Gasteiger partial charge in [-0.1, -0.05) is 12.1 Å². The summed E-state index contributed by atoms with van der Waals surface area (Å²) in [5.41, 5.74) is 5.54. The summed E-state index contributed by atoms with van der Waals surface area (Å²) in [6, 6.07) is 6.06. The molecular formula is C10H13FN2O2. The topological polar surface area (TPSA) is 50.4 Å². The summed E-state index contributed by atoms with van der Waals surface area (Å²) in [4.78, 5) is 10.9. The summed E-state index contributed by atoms with van der Waals surface area (Å²) in [6.45, 7) is 0.159. The molecule has 1 amide bonds. The van der Waals surface area contributed by atoms with E-state index in [4.69, 9.17) is 4.74 Å². The largest absolute Gasteiger partial charge is 0.367 e. The van der Waals surface area contributed by atoms with E-state index in [9.17, 15) is 9.18 Å². The van der Waals surface area contributed by atoms with Gasteiger partial charge in [0, 0.05) is 7.05 Å². The first-order valence-electron chi connectivity index (χ1n) is 4.50.